The highest BCUT2D eigenvalue weighted by molar-refractivity contribution is 5.87. The van der Waals surface area contributed by atoms with Crippen LogP contribution in [-0.2, 0) is 17.6 Å². The van der Waals surface area contributed by atoms with Gasteiger partial charge in [-0.3, -0.25) is 4.79 Å². The number of benzene rings is 1. The molecule has 1 aliphatic rings. The monoisotopic (exact) mass is 326 g/mol. The first-order chi connectivity index (χ1) is 11.6. The van der Waals surface area contributed by atoms with E-state index >= 15 is 0 Å². The van der Waals surface area contributed by atoms with Crippen LogP contribution in [0.3, 0.4) is 0 Å². The number of aryl methyl sites for hydroxylation is 2. The molecule has 1 aliphatic carbocycles. The van der Waals surface area contributed by atoms with Crippen LogP contribution >= 0.6 is 0 Å². The van der Waals surface area contributed by atoms with Gasteiger partial charge in [-0.2, -0.15) is 0 Å². The number of nitrogens with one attached hydrogen (secondary N) is 2. The van der Waals surface area contributed by atoms with Crippen LogP contribution in [0.15, 0.2) is 18.2 Å². The summed E-state index contributed by atoms with van der Waals surface area (Å²) in [5.74, 6) is 0.437. The molecule has 1 aromatic heterocycles. The molecule has 3 heteroatoms. The predicted octanol–water partition coefficient (Wildman–Crippen LogP) is 4.67. The Kier molecular flexibility index (Phi) is 5.27. The van der Waals surface area contributed by atoms with Gasteiger partial charge in [-0.25, -0.2) is 0 Å². The highest BCUT2D eigenvalue weighted by Crippen LogP contribution is 2.31. The number of carbonyl (C=O) groups excluding carboxylic acids is 1. The summed E-state index contributed by atoms with van der Waals surface area (Å²) in [6.07, 6.45) is 7.27. The Hall–Kier alpha value is -1.77. The maximum Gasteiger partial charge on any atom is 0.223 e. The van der Waals surface area contributed by atoms with Crippen molar-refractivity contribution in [1.29, 1.82) is 0 Å². The molecule has 0 bridgehead atoms. The molecule has 1 aromatic carbocycles. The Bertz CT molecular complexity index is 716. The molecule has 1 heterocycles. The van der Waals surface area contributed by atoms with Gasteiger partial charge in [0, 0.05) is 28.6 Å². The molecule has 1 amide bonds. The van der Waals surface area contributed by atoms with E-state index < -0.39 is 0 Å². The zero-order valence-electron chi connectivity index (χ0n) is 15.2. The highest BCUT2D eigenvalue weighted by atomic mass is 16.1. The lowest BCUT2D eigenvalue weighted by molar-refractivity contribution is -0.126. The number of hydrogen-bond donors (Lipinski definition) is 2. The number of hydrogen-bond acceptors (Lipinski definition) is 1. The van der Waals surface area contributed by atoms with Crippen molar-refractivity contribution in [1.82, 2.24) is 10.3 Å². The summed E-state index contributed by atoms with van der Waals surface area (Å²) in [6.45, 7) is 6.47. The van der Waals surface area contributed by atoms with Gasteiger partial charge in [-0.1, -0.05) is 44.9 Å². The molecule has 130 valence electrons. The minimum absolute atomic E-state index is 0.177. The second-order valence-corrected chi connectivity index (χ2v) is 7.28. The van der Waals surface area contributed by atoms with Crippen LogP contribution in [0.5, 0.6) is 0 Å². The summed E-state index contributed by atoms with van der Waals surface area (Å²) in [4.78, 5) is 16.2. The fourth-order valence-electron chi connectivity index (χ4n) is 4.00. The Morgan fingerprint density at radius 3 is 2.96 bits per heavy atom. The van der Waals surface area contributed by atoms with Gasteiger partial charge in [-0.05, 0) is 50.2 Å². The molecule has 3 rings (SSSR count). The second kappa shape index (κ2) is 7.42. The highest BCUT2D eigenvalue weighted by Gasteiger charge is 2.26. The number of rotatable bonds is 6. The first-order valence-corrected chi connectivity index (χ1v) is 9.53. The van der Waals surface area contributed by atoms with E-state index in [2.05, 4.69) is 49.3 Å². The van der Waals surface area contributed by atoms with Crippen LogP contribution in [0.25, 0.3) is 10.9 Å². The van der Waals surface area contributed by atoms with Gasteiger partial charge in [0.2, 0.25) is 5.91 Å². The molecule has 2 atom stereocenters. The summed E-state index contributed by atoms with van der Waals surface area (Å²) >= 11 is 0. The van der Waals surface area contributed by atoms with Crippen LogP contribution in [0.1, 0.15) is 62.8 Å². The maximum absolute atomic E-state index is 12.6. The molecule has 0 saturated carbocycles. The van der Waals surface area contributed by atoms with Crippen molar-refractivity contribution in [3.63, 3.8) is 0 Å². The summed E-state index contributed by atoms with van der Waals surface area (Å²) in [5.41, 5.74) is 5.34. The van der Waals surface area contributed by atoms with Crippen LogP contribution in [0.2, 0.25) is 0 Å². The molecule has 3 nitrogen and oxygen atoms in total. The average molecular weight is 326 g/mol. The smallest absolute Gasteiger partial charge is 0.223 e. The lowest BCUT2D eigenvalue weighted by Crippen LogP contribution is -2.41. The molecule has 0 spiro atoms. The van der Waals surface area contributed by atoms with Crippen LogP contribution in [0.4, 0.5) is 0 Å². The molecule has 0 fully saturated rings. The van der Waals surface area contributed by atoms with Crippen molar-refractivity contribution < 1.29 is 4.79 Å². The quantitative estimate of drug-likeness (QED) is 0.796. The summed E-state index contributed by atoms with van der Waals surface area (Å²) < 4.78 is 0. The first-order valence-electron chi connectivity index (χ1n) is 9.53. The molecule has 0 radical (unpaired) electrons. The van der Waals surface area contributed by atoms with E-state index in [9.17, 15) is 4.79 Å². The van der Waals surface area contributed by atoms with E-state index in [4.69, 9.17) is 0 Å². The lowest BCUT2D eigenvalue weighted by atomic mass is 9.90. The third-order valence-corrected chi connectivity index (χ3v) is 5.55. The number of fused-ring (bicyclic) bond motifs is 3. The van der Waals surface area contributed by atoms with Gasteiger partial charge in [0.25, 0.3) is 0 Å². The molecule has 24 heavy (non-hydrogen) atoms. The van der Waals surface area contributed by atoms with Crippen molar-refractivity contribution in [3.05, 3.63) is 35.0 Å². The van der Waals surface area contributed by atoms with E-state index in [-0.39, 0.29) is 17.9 Å². The van der Waals surface area contributed by atoms with Crippen LogP contribution in [-0.4, -0.2) is 16.9 Å². The molecule has 2 aromatic rings. The Morgan fingerprint density at radius 2 is 2.21 bits per heavy atom. The summed E-state index contributed by atoms with van der Waals surface area (Å²) in [7, 11) is 0. The molecule has 0 saturated heterocycles. The number of carbonyl (C=O) groups is 1. The van der Waals surface area contributed by atoms with E-state index in [0.29, 0.717) is 0 Å². The summed E-state index contributed by atoms with van der Waals surface area (Å²) in [5, 5.41) is 4.67. The second-order valence-electron chi connectivity index (χ2n) is 7.28. The molecular formula is C21H30N2O. The van der Waals surface area contributed by atoms with E-state index in [1.807, 2.05) is 0 Å². The first kappa shape index (κ1) is 17.1. The Morgan fingerprint density at radius 1 is 1.38 bits per heavy atom. The Labute approximate surface area is 145 Å². The van der Waals surface area contributed by atoms with Crippen molar-refractivity contribution in [2.75, 3.05) is 0 Å². The number of H-pyrrole nitrogens is 1. The third-order valence-electron chi connectivity index (χ3n) is 5.55. The maximum atomic E-state index is 12.6. The van der Waals surface area contributed by atoms with E-state index in [1.54, 1.807) is 0 Å². The topological polar surface area (TPSA) is 44.9 Å². The molecule has 2 N–H and O–H groups in total. The standard InChI is InChI=1S/C21H30N2O/c1-4-6-9-15(5-2)21(24)22-16-11-12-19-18(13-16)17-10-7-8-14(3)20(17)23-19/h7-8,10,15-16,23H,4-6,9,11-13H2,1-3H3,(H,22,24)/t15-,16-/m0/s1. The molecule has 0 unspecified atom stereocenters. The van der Waals surface area contributed by atoms with Gasteiger partial charge in [-0.15, -0.1) is 0 Å². The van der Waals surface area contributed by atoms with Gasteiger partial charge >= 0.3 is 0 Å². The van der Waals surface area contributed by atoms with Gasteiger partial charge in [0.15, 0.2) is 0 Å². The zero-order chi connectivity index (χ0) is 17.1. The fourth-order valence-corrected chi connectivity index (χ4v) is 4.00. The minimum atomic E-state index is 0.177. The molecule has 0 aliphatic heterocycles. The van der Waals surface area contributed by atoms with Gasteiger partial charge in [0.1, 0.15) is 0 Å². The van der Waals surface area contributed by atoms with Crippen molar-refractivity contribution >= 4 is 16.8 Å². The van der Waals surface area contributed by atoms with Crippen molar-refractivity contribution in [2.45, 2.75) is 71.8 Å². The molecular weight excluding hydrogens is 296 g/mol. The van der Waals surface area contributed by atoms with Crippen molar-refractivity contribution in [3.8, 4) is 0 Å². The fraction of sp³-hybridized carbons (Fsp3) is 0.571. The predicted molar refractivity (Wildman–Crippen MR) is 100 cm³/mol. The minimum Gasteiger partial charge on any atom is -0.358 e. The van der Waals surface area contributed by atoms with Crippen LogP contribution in [0, 0.1) is 12.8 Å². The number of amides is 1. The van der Waals surface area contributed by atoms with Gasteiger partial charge < -0.3 is 10.3 Å². The lowest BCUT2D eigenvalue weighted by Gasteiger charge is -2.26. The van der Waals surface area contributed by atoms with E-state index in [0.717, 1.165) is 44.9 Å². The Balaban J connectivity index is 1.72. The number of unbranched alkanes of at least 4 members (excludes halogenated alkanes) is 1. The third kappa shape index (κ3) is 3.35. The normalized spacial score (nSPS) is 18.4. The SMILES string of the molecule is CCCC[C@H](CC)C(=O)N[C@H]1CCc2[nH]c3c(C)cccc3c2C1. The zero-order valence-corrected chi connectivity index (χ0v) is 15.2. The average Bonchev–Trinajstić information content (AvgIpc) is 2.95. The van der Waals surface area contributed by atoms with E-state index in [1.165, 1.54) is 27.7 Å². The number of aromatic nitrogens is 1. The van der Waals surface area contributed by atoms with Crippen LogP contribution < -0.4 is 5.32 Å². The number of para-hydroxylation sites is 1. The van der Waals surface area contributed by atoms with Crippen molar-refractivity contribution in [2.24, 2.45) is 5.92 Å². The summed E-state index contributed by atoms with van der Waals surface area (Å²) in [6, 6.07) is 6.77. The largest absolute Gasteiger partial charge is 0.358 e. The number of aromatic amines is 1. The van der Waals surface area contributed by atoms with Gasteiger partial charge in [0.05, 0.1) is 0 Å².